The Hall–Kier alpha value is -2.57. The molecule has 0 aliphatic heterocycles. The first-order chi connectivity index (χ1) is 12.1. The Morgan fingerprint density at radius 3 is 2.64 bits per heavy atom. The summed E-state index contributed by atoms with van der Waals surface area (Å²) in [4.78, 5) is 18.0. The lowest BCUT2D eigenvalue weighted by atomic mass is 10.2. The molecule has 2 aromatic carbocycles. The van der Waals surface area contributed by atoms with Crippen LogP contribution < -0.4 is 19.6 Å². The topological polar surface area (TPSA) is 52.8 Å². The molecule has 0 N–H and O–H groups in total. The molecule has 0 aliphatic rings. The quantitative estimate of drug-likeness (QED) is 0.554. The third-order valence-corrected chi connectivity index (χ3v) is 5.23. The number of fused-ring (bicyclic) bond motifs is 3. The van der Waals surface area contributed by atoms with Crippen LogP contribution in [0.2, 0.25) is 5.02 Å². The van der Waals surface area contributed by atoms with Gasteiger partial charge in [0, 0.05) is 6.07 Å². The van der Waals surface area contributed by atoms with Gasteiger partial charge in [0.2, 0.25) is 0 Å². The van der Waals surface area contributed by atoms with E-state index >= 15 is 0 Å². The van der Waals surface area contributed by atoms with Crippen LogP contribution in [-0.4, -0.2) is 23.6 Å². The van der Waals surface area contributed by atoms with Crippen molar-refractivity contribution in [3.05, 3.63) is 61.9 Å². The number of ether oxygens (including phenoxy) is 2. The van der Waals surface area contributed by atoms with Gasteiger partial charge in [0.1, 0.15) is 0 Å². The number of thiazole rings is 1. The van der Waals surface area contributed by atoms with E-state index in [4.69, 9.17) is 21.1 Å². The number of rotatable bonds is 3. The SMILES string of the molecule is COc1cc(Cl)c(C=c2sc3nc4ccccc4n3c2=O)cc1OC. The van der Waals surface area contributed by atoms with Crippen LogP contribution in [0.25, 0.3) is 22.1 Å². The number of para-hydroxylation sites is 2. The van der Waals surface area contributed by atoms with Crippen LogP contribution in [0, 0.1) is 0 Å². The predicted octanol–water partition coefficient (Wildman–Crippen LogP) is 3.13. The normalized spacial score (nSPS) is 12.2. The maximum absolute atomic E-state index is 12.8. The highest BCUT2D eigenvalue weighted by Gasteiger charge is 2.12. The van der Waals surface area contributed by atoms with Crippen LogP contribution in [0.4, 0.5) is 0 Å². The van der Waals surface area contributed by atoms with Gasteiger partial charge in [0.05, 0.1) is 34.8 Å². The molecule has 0 radical (unpaired) electrons. The number of imidazole rings is 1. The van der Waals surface area contributed by atoms with Gasteiger partial charge in [-0.2, -0.15) is 0 Å². The Morgan fingerprint density at radius 2 is 1.88 bits per heavy atom. The van der Waals surface area contributed by atoms with Crippen LogP contribution in [-0.2, 0) is 0 Å². The molecular formula is C18H13ClN2O3S. The van der Waals surface area contributed by atoms with E-state index in [9.17, 15) is 4.79 Å². The van der Waals surface area contributed by atoms with Crippen LogP contribution in [0.1, 0.15) is 5.56 Å². The van der Waals surface area contributed by atoms with E-state index in [-0.39, 0.29) is 5.56 Å². The van der Waals surface area contributed by atoms with Crippen molar-refractivity contribution in [3.63, 3.8) is 0 Å². The number of hydrogen-bond acceptors (Lipinski definition) is 5. The summed E-state index contributed by atoms with van der Waals surface area (Å²) in [6.45, 7) is 0. The Morgan fingerprint density at radius 1 is 1.16 bits per heavy atom. The molecule has 0 saturated heterocycles. The lowest BCUT2D eigenvalue weighted by molar-refractivity contribution is 0.355. The van der Waals surface area contributed by atoms with E-state index in [0.29, 0.717) is 31.6 Å². The molecular weight excluding hydrogens is 360 g/mol. The highest BCUT2D eigenvalue weighted by molar-refractivity contribution is 7.15. The van der Waals surface area contributed by atoms with Crippen LogP contribution in [0.3, 0.4) is 0 Å². The Bertz CT molecular complexity index is 1210. The largest absolute Gasteiger partial charge is 0.493 e. The van der Waals surface area contributed by atoms with E-state index < -0.39 is 0 Å². The Balaban J connectivity index is 1.96. The second kappa shape index (κ2) is 6.06. The van der Waals surface area contributed by atoms with Crippen LogP contribution >= 0.6 is 22.9 Å². The van der Waals surface area contributed by atoms with Crippen molar-refractivity contribution < 1.29 is 9.47 Å². The lowest BCUT2D eigenvalue weighted by Gasteiger charge is -2.09. The molecule has 0 aliphatic carbocycles. The summed E-state index contributed by atoms with van der Waals surface area (Å²) in [5.41, 5.74) is 2.18. The predicted molar refractivity (Wildman–Crippen MR) is 100 cm³/mol. The van der Waals surface area contributed by atoms with Crippen molar-refractivity contribution >= 4 is 45.0 Å². The molecule has 2 heterocycles. The molecule has 2 aromatic heterocycles. The van der Waals surface area contributed by atoms with E-state index in [0.717, 1.165) is 11.0 Å². The van der Waals surface area contributed by atoms with Gasteiger partial charge in [0.15, 0.2) is 16.5 Å². The van der Waals surface area contributed by atoms with Crippen LogP contribution in [0.15, 0.2) is 41.2 Å². The highest BCUT2D eigenvalue weighted by atomic mass is 35.5. The maximum atomic E-state index is 12.8. The molecule has 0 atom stereocenters. The Kier molecular flexibility index (Phi) is 3.86. The molecule has 4 rings (SSSR count). The number of halogens is 1. The molecule has 0 spiro atoms. The zero-order valence-electron chi connectivity index (χ0n) is 13.4. The van der Waals surface area contributed by atoms with Gasteiger partial charge in [0.25, 0.3) is 5.56 Å². The van der Waals surface area contributed by atoms with Gasteiger partial charge in [-0.1, -0.05) is 35.1 Å². The van der Waals surface area contributed by atoms with Gasteiger partial charge < -0.3 is 9.47 Å². The lowest BCUT2D eigenvalue weighted by Crippen LogP contribution is -2.22. The van der Waals surface area contributed by atoms with Crippen molar-refractivity contribution in [2.75, 3.05) is 14.2 Å². The molecule has 25 heavy (non-hydrogen) atoms. The van der Waals surface area contributed by atoms with Crippen molar-refractivity contribution in [3.8, 4) is 11.5 Å². The van der Waals surface area contributed by atoms with Gasteiger partial charge in [-0.15, -0.1) is 0 Å². The Labute approximate surface area is 151 Å². The molecule has 0 saturated carbocycles. The van der Waals surface area contributed by atoms with Gasteiger partial charge in [-0.05, 0) is 29.8 Å². The third kappa shape index (κ3) is 2.54. The molecule has 0 bridgehead atoms. The summed E-state index contributed by atoms with van der Waals surface area (Å²) < 4.78 is 12.7. The number of hydrogen-bond donors (Lipinski definition) is 0. The first-order valence-electron chi connectivity index (χ1n) is 7.45. The zero-order valence-corrected chi connectivity index (χ0v) is 15.0. The fraction of sp³-hybridized carbons (Fsp3) is 0.111. The van der Waals surface area contributed by atoms with Crippen molar-refractivity contribution in [1.29, 1.82) is 0 Å². The summed E-state index contributed by atoms with van der Waals surface area (Å²) in [5, 5.41) is 0.480. The van der Waals surface area contributed by atoms with E-state index in [1.807, 2.05) is 24.3 Å². The standard InChI is InChI=1S/C18H13ClN2O3S/c1-23-14-7-10(11(19)9-15(14)24-2)8-16-17(22)21-13-6-4-3-5-12(13)20-18(21)25-16/h3-9H,1-2H3. The fourth-order valence-electron chi connectivity index (χ4n) is 2.73. The first kappa shape index (κ1) is 15.9. The van der Waals surface area contributed by atoms with Gasteiger partial charge in [-0.3, -0.25) is 4.79 Å². The molecule has 4 aromatic rings. The summed E-state index contributed by atoms with van der Waals surface area (Å²) in [7, 11) is 3.10. The number of aromatic nitrogens is 2. The summed E-state index contributed by atoms with van der Waals surface area (Å²) >= 11 is 7.65. The second-order valence-corrected chi connectivity index (χ2v) is 6.78. The second-order valence-electron chi connectivity index (χ2n) is 5.36. The maximum Gasteiger partial charge on any atom is 0.274 e. The van der Waals surface area contributed by atoms with Gasteiger partial charge >= 0.3 is 0 Å². The molecule has 0 unspecified atom stereocenters. The third-order valence-electron chi connectivity index (χ3n) is 3.93. The zero-order chi connectivity index (χ0) is 17.6. The monoisotopic (exact) mass is 372 g/mol. The number of nitrogens with zero attached hydrogens (tertiary/aromatic N) is 2. The smallest absolute Gasteiger partial charge is 0.274 e. The summed E-state index contributed by atoms with van der Waals surface area (Å²) in [6, 6.07) is 11.0. The number of methoxy groups -OCH3 is 2. The van der Waals surface area contributed by atoms with E-state index in [1.165, 1.54) is 11.3 Å². The van der Waals surface area contributed by atoms with Crippen LogP contribution in [0.5, 0.6) is 11.5 Å². The minimum Gasteiger partial charge on any atom is -0.493 e. The highest BCUT2D eigenvalue weighted by Crippen LogP contribution is 2.33. The number of benzene rings is 2. The van der Waals surface area contributed by atoms with Gasteiger partial charge in [-0.25, -0.2) is 9.38 Å². The van der Waals surface area contributed by atoms with E-state index in [2.05, 4.69) is 4.98 Å². The van der Waals surface area contributed by atoms with Crippen molar-refractivity contribution in [1.82, 2.24) is 9.38 Å². The minimum atomic E-state index is -0.112. The fourth-order valence-corrected chi connectivity index (χ4v) is 3.92. The van der Waals surface area contributed by atoms with Crippen molar-refractivity contribution in [2.45, 2.75) is 0 Å². The minimum absolute atomic E-state index is 0.112. The molecule has 5 nitrogen and oxygen atoms in total. The molecule has 0 fully saturated rings. The average molecular weight is 373 g/mol. The molecule has 126 valence electrons. The summed E-state index contributed by atoms with van der Waals surface area (Å²) in [5.74, 6) is 1.09. The molecule has 0 amide bonds. The summed E-state index contributed by atoms with van der Waals surface area (Å²) in [6.07, 6.45) is 1.75. The van der Waals surface area contributed by atoms with Crippen molar-refractivity contribution in [2.24, 2.45) is 0 Å². The molecule has 7 heteroatoms. The first-order valence-corrected chi connectivity index (χ1v) is 8.65. The average Bonchev–Trinajstić information content (AvgIpc) is 3.13. The van der Waals surface area contributed by atoms with E-state index in [1.54, 1.807) is 36.8 Å².